The average Bonchev–Trinajstić information content (AvgIpc) is 2.38. The third-order valence-electron chi connectivity index (χ3n) is 2.24. The molecule has 108 valence electrons. The summed E-state index contributed by atoms with van der Waals surface area (Å²) >= 11 is 0. The van der Waals surface area contributed by atoms with Crippen LogP contribution in [-0.4, -0.2) is 32.2 Å². The van der Waals surface area contributed by atoms with Crippen LogP contribution in [0, 0.1) is 0 Å². The lowest BCUT2D eigenvalue weighted by Crippen LogP contribution is -2.28. The Kier molecular flexibility index (Phi) is 8.74. The van der Waals surface area contributed by atoms with Gasteiger partial charge in [0.1, 0.15) is 0 Å². The van der Waals surface area contributed by atoms with Gasteiger partial charge in [0.2, 0.25) is 0 Å². The maximum absolute atomic E-state index is 11.8. The van der Waals surface area contributed by atoms with Crippen molar-refractivity contribution in [2.75, 3.05) is 26.3 Å². The summed E-state index contributed by atoms with van der Waals surface area (Å²) in [6.07, 6.45) is 0. The quantitative estimate of drug-likeness (QED) is 0.799. The molecule has 0 fully saturated rings. The Balaban J connectivity index is 0.00000324. The third-order valence-corrected chi connectivity index (χ3v) is 2.24. The Morgan fingerprint density at radius 3 is 2.42 bits per heavy atom. The normalized spacial score (nSPS) is 9.42. The van der Waals surface area contributed by atoms with Crippen LogP contribution in [0.25, 0.3) is 0 Å². The predicted molar refractivity (Wildman–Crippen MR) is 77.4 cm³/mol. The molecule has 0 aliphatic carbocycles. The molecular weight excluding hydrogens is 268 g/mol. The number of nitrogens with two attached hydrogens (primary N) is 1. The molecule has 0 heterocycles. The summed E-state index contributed by atoms with van der Waals surface area (Å²) in [6.45, 7) is 5.73. The molecule has 0 aliphatic heterocycles. The highest BCUT2D eigenvalue weighted by molar-refractivity contribution is 5.94. The number of nitrogens with one attached hydrogen (secondary N) is 1. The molecule has 0 saturated carbocycles. The lowest BCUT2D eigenvalue weighted by atomic mass is 10.2. The SMILES string of the molecule is CCOc1ccc(C(=O)NCCN)cc1OCC.Cl. The zero-order chi connectivity index (χ0) is 13.4. The van der Waals surface area contributed by atoms with Gasteiger partial charge in [-0.1, -0.05) is 0 Å². The lowest BCUT2D eigenvalue weighted by molar-refractivity contribution is 0.0954. The summed E-state index contributed by atoms with van der Waals surface area (Å²) in [7, 11) is 0. The molecule has 0 radical (unpaired) electrons. The molecule has 1 aromatic rings. The standard InChI is InChI=1S/C13H20N2O3.ClH/c1-3-17-11-6-5-10(9-12(11)18-4-2)13(16)15-8-7-14;/h5-6,9H,3-4,7-8,14H2,1-2H3,(H,15,16);1H. The van der Waals surface area contributed by atoms with Crippen molar-refractivity contribution in [1.82, 2.24) is 5.32 Å². The molecule has 0 unspecified atom stereocenters. The summed E-state index contributed by atoms with van der Waals surface area (Å²) in [6, 6.07) is 5.13. The lowest BCUT2D eigenvalue weighted by Gasteiger charge is -2.12. The van der Waals surface area contributed by atoms with Gasteiger partial charge >= 0.3 is 0 Å². The van der Waals surface area contributed by atoms with Gasteiger partial charge in [-0.3, -0.25) is 4.79 Å². The molecule has 1 rings (SSSR count). The number of carbonyl (C=O) groups excluding carboxylic acids is 1. The van der Waals surface area contributed by atoms with Crippen molar-refractivity contribution in [1.29, 1.82) is 0 Å². The van der Waals surface area contributed by atoms with Crippen LogP contribution in [0.1, 0.15) is 24.2 Å². The highest BCUT2D eigenvalue weighted by Crippen LogP contribution is 2.28. The Hall–Kier alpha value is -1.46. The second-order valence-corrected chi connectivity index (χ2v) is 3.57. The first-order valence-corrected chi connectivity index (χ1v) is 6.10. The molecule has 0 bridgehead atoms. The Morgan fingerprint density at radius 1 is 1.21 bits per heavy atom. The van der Waals surface area contributed by atoms with Crippen molar-refractivity contribution in [2.45, 2.75) is 13.8 Å². The summed E-state index contributed by atoms with van der Waals surface area (Å²) in [4.78, 5) is 11.8. The van der Waals surface area contributed by atoms with Crippen LogP contribution in [0.4, 0.5) is 0 Å². The first-order valence-electron chi connectivity index (χ1n) is 6.10. The molecule has 3 N–H and O–H groups in total. The number of halogens is 1. The maximum atomic E-state index is 11.8. The molecule has 6 heteroatoms. The van der Waals surface area contributed by atoms with E-state index >= 15 is 0 Å². The average molecular weight is 289 g/mol. The van der Waals surface area contributed by atoms with Crippen LogP contribution in [-0.2, 0) is 0 Å². The van der Waals surface area contributed by atoms with E-state index in [9.17, 15) is 4.79 Å². The van der Waals surface area contributed by atoms with E-state index in [0.29, 0.717) is 43.4 Å². The molecule has 0 saturated heterocycles. The summed E-state index contributed by atoms with van der Waals surface area (Å²) in [5.41, 5.74) is 5.87. The smallest absolute Gasteiger partial charge is 0.251 e. The second kappa shape index (κ2) is 9.47. The van der Waals surface area contributed by atoms with E-state index in [4.69, 9.17) is 15.2 Å². The number of hydrogen-bond donors (Lipinski definition) is 2. The van der Waals surface area contributed by atoms with Gasteiger partial charge < -0.3 is 20.5 Å². The van der Waals surface area contributed by atoms with Crippen molar-refractivity contribution >= 4 is 18.3 Å². The number of hydrogen-bond acceptors (Lipinski definition) is 4. The van der Waals surface area contributed by atoms with Crippen LogP contribution in [0.2, 0.25) is 0 Å². The van der Waals surface area contributed by atoms with Crippen molar-refractivity contribution in [3.63, 3.8) is 0 Å². The highest BCUT2D eigenvalue weighted by Gasteiger charge is 2.10. The topological polar surface area (TPSA) is 73.6 Å². The van der Waals surface area contributed by atoms with Gasteiger partial charge in [-0.05, 0) is 32.0 Å². The maximum Gasteiger partial charge on any atom is 0.251 e. The van der Waals surface area contributed by atoms with Gasteiger partial charge in [0.05, 0.1) is 13.2 Å². The Morgan fingerprint density at radius 2 is 1.84 bits per heavy atom. The fourth-order valence-electron chi connectivity index (χ4n) is 1.48. The number of carbonyl (C=O) groups is 1. The minimum Gasteiger partial charge on any atom is -0.490 e. The van der Waals surface area contributed by atoms with Crippen LogP contribution in [0.3, 0.4) is 0 Å². The van der Waals surface area contributed by atoms with E-state index in [0.717, 1.165) is 0 Å². The molecule has 0 atom stereocenters. The van der Waals surface area contributed by atoms with E-state index in [-0.39, 0.29) is 18.3 Å². The van der Waals surface area contributed by atoms with Crippen molar-refractivity contribution in [3.05, 3.63) is 23.8 Å². The molecule has 1 amide bonds. The van der Waals surface area contributed by atoms with Gasteiger partial charge in [0.15, 0.2) is 11.5 Å². The number of amides is 1. The molecule has 0 aliphatic rings. The molecule has 0 spiro atoms. The van der Waals surface area contributed by atoms with Crippen LogP contribution in [0.15, 0.2) is 18.2 Å². The van der Waals surface area contributed by atoms with E-state index in [1.165, 1.54) is 0 Å². The molecule has 1 aromatic carbocycles. The number of ether oxygens (including phenoxy) is 2. The van der Waals surface area contributed by atoms with E-state index in [2.05, 4.69) is 5.32 Å². The van der Waals surface area contributed by atoms with Gasteiger partial charge in [0.25, 0.3) is 5.91 Å². The molecule has 19 heavy (non-hydrogen) atoms. The van der Waals surface area contributed by atoms with E-state index in [1.807, 2.05) is 13.8 Å². The number of rotatable bonds is 7. The molecular formula is C13H21ClN2O3. The minimum absolute atomic E-state index is 0. The fourth-order valence-corrected chi connectivity index (χ4v) is 1.48. The second-order valence-electron chi connectivity index (χ2n) is 3.57. The van der Waals surface area contributed by atoms with Gasteiger partial charge in [-0.15, -0.1) is 12.4 Å². The molecule has 0 aromatic heterocycles. The summed E-state index contributed by atoms with van der Waals surface area (Å²) in [5.74, 6) is 1.07. The highest BCUT2D eigenvalue weighted by atomic mass is 35.5. The third kappa shape index (κ3) is 5.36. The summed E-state index contributed by atoms with van der Waals surface area (Å²) < 4.78 is 10.9. The number of benzene rings is 1. The Bertz CT molecular complexity index is 399. The first kappa shape index (κ1) is 17.5. The van der Waals surface area contributed by atoms with E-state index in [1.54, 1.807) is 18.2 Å². The fraction of sp³-hybridized carbons (Fsp3) is 0.462. The van der Waals surface area contributed by atoms with Crippen molar-refractivity contribution in [2.24, 2.45) is 5.73 Å². The van der Waals surface area contributed by atoms with Gasteiger partial charge in [-0.25, -0.2) is 0 Å². The van der Waals surface area contributed by atoms with Gasteiger partial charge in [-0.2, -0.15) is 0 Å². The minimum atomic E-state index is -0.163. The van der Waals surface area contributed by atoms with Crippen LogP contribution >= 0.6 is 12.4 Å². The van der Waals surface area contributed by atoms with Crippen molar-refractivity contribution < 1.29 is 14.3 Å². The summed E-state index contributed by atoms with van der Waals surface area (Å²) in [5, 5.41) is 2.71. The first-order chi connectivity index (χ1) is 8.72. The largest absolute Gasteiger partial charge is 0.490 e. The van der Waals surface area contributed by atoms with Gasteiger partial charge in [0, 0.05) is 18.7 Å². The zero-order valence-electron chi connectivity index (χ0n) is 11.3. The van der Waals surface area contributed by atoms with Crippen LogP contribution < -0.4 is 20.5 Å². The van der Waals surface area contributed by atoms with Crippen molar-refractivity contribution in [3.8, 4) is 11.5 Å². The monoisotopic (exact) mass is 288 g/mol. The van der Waals surface area contributed by atoms with E-state index < -0.39 is 0 Å². The zero-order valence-corrected chi connectivity index (χ0v) is 12.1. The van der Waals surface area contributed by atoms with Crippen LogP contribution in [0.5, 0.6) is 11.5 Å². The Labute approximate surface area is 119 Å². The predicted octanol–water partition coefficient (Wildman–Crippen LogP) is 1.59. The molecule has 5 nitrogen and oxygen atoms in total.